The molecule has 83 valence electrons. The fraction of sp³-hybridized carbons (Fsp3) is 0.667. The number of hydrogen-bond donors (Lipinski definition) is 0. The van der Waals surface area contributed by atoms with Gasteiger partial charge in [-0.05, 0) is 18.4 Å². The van der Waals surface area contributed by atoms with E-state index in [1.807, 2.05) is 6.92 Å². The third kappa shape index (κ3) is 4.41. The minimum absolute atomic E-state index is 0. The molecule has 1 fully saturated rings. The number of amides is 1. The van der Waals surface area contributed by atoms with E-state index >= 15 is 0 Å². The van der Waals surface area contributed by atoms with Gasteiger partial charge in [0, 0.05) is 50.2 Å². The maximum absolute atomic E-state index is 11.0. The van der Waals surface area contributed by atoms with Gasteiger partial charge < -0.3 is 24.0 Å². The summed E-state index contributed by atoms with van der Waals surface area (Å²) >= 11 is 0. The Labute approximate surface area is 116 Å². The second-order valence-corrected chi connectivity index (χ2v) is 3.20. The zero-order chi connectivity index (χ0) is 9.84. The van der Waals surface area contributed by atoms with E-state index in [0.717, 1.165) is 12.8 Å². The van der Waals surface area contributed by atoms with E-state index < -0.39 is 0 Å². The topological polar surface area (TPSA) is 69.1 Å². The average molecular weight is 285 g/mol. The molecule has 0 saturated carbocycles. The molecule has 1 amide bonds. The van der Waals surface area contributed by atoms with E-state index in [1.54, 1.807) is 4.90 Å². The van der Waals surface area contributed by atoms with Crippen LogP contribution in [0.25, 0.3) is 10.4 Å². The van der Waals surface area contributed by atoms with Gasteiger partial charge in [-0.15, -0.1) is 0 Å². The SMILES string of the molecule is [CH2-]C(=O)N1C[C@@H](N=[N+]=[N-])C[C@H]1CC.[CH3-].[Y]. The van der Waals surface area contributed by atoms with Crippen molar-refractivity contribution in [1.82, 2.24) is 4.90 Å². The normalized spacial score (nSPS) is 23.4. The van der Waals surface area contributed by atoms with Crippen LogP contribution in [0.4, 0.5) is 0 Å². The molecule has 1 aliphatic rings. The van der Waals surface area contributed by atoms with Crippen molar-refractivity contribution in [2.24, 2.45) is 5.11 Å². The van der Waals surface area contributed by atoms with Crippen LogP contribution < -0.4 is 0 Å². The number of hydrogen-bond acceptors (Lipinski definition) is 2. The summed E-state index contributed by atoms with van der Waals surface area (Å²) in [5.41, 5.74) is 8.25. The number of nitrogens with zero attached hydrogens (tertiary/aromatic N) is 4. The van der Waals surface area contributed by atoms with Gasteiger partial charge in [0.1, 0.15) is 0 Å². The largest absolute Gasteiger partial charge is 0.364 e. The minimum atomic E-state index is -0.178. The van der Waals surface area contributed by atoms with Gasteiger partial charge in [0.05, 0.1) is 11.9 Å². The predicted octanol–water partition coefficient (Wildman–Crippen LogP) is 1.96. The zero-order valence-electron chi connectivity index (χ0n) is 9.26. The first-order chi connectivity index (χ1) is 6.19. The van der Waals surface area contributed by atoms with Crippen LogP contribution in [0, 0.1) is 14.4 Å². The zero-order valence-corrected chi connectivity index (χ0v) is 12.1. The third-order valence-electron chi connectivity index (χ3n) is 2.40. The number of azide groups is 1. The summed E-state index contributed by atoms with van der Waals surface area (Å²) < 4.78 is 0. The summed E-state index contributed by atoms with van der Waals surface area (Å²) in [5, 5.41) is 3.61. The summed E-state index contributed by atoms with van der Waals surface area (Å²) in [6, 6.07) is 0.126. The van der Waals surface area contributed by atoms with E-state index in [9.17, 15) is 4.79 Å². The number of carbonyl (C=O) groups excluding carboxylic acids is 1. The van der Waals surface area contributed by atoms with Crippen molar-refractivity contribution in [3.8, 4) is 0 Å². The van der Waals surface area contributed by atoms with E-state index in [2.05, 4.69) is 16.9 Å². The van der Waals surface area contributed by atoms with Gasteiger partial charge >= 0.3 is 0 Å². The molecule has 0 aliphatic carbocycles. The standard InChI is InChI=1S/C8H13N4O.CH3.Y/c1-3-8-4-7(10-11-9)5-12(8)6(2)13;;/h7-8H,2-5H2,1H3;1H3;/q2*-1;/t7-,8+;;/m0../s1. The second-order valence-electron chi connectivity index (χ2n) is 3.20. The molecule has 0 bridgehead atoms. The first-order valence-electron chi connectivity index (χ1n) is 4.35. The van der Waals surface area contributed by atoms with Crippen LogP contribution in [0.1, 0.15) is 19.8 Å². The molecule has 6 heteroatoms. The number of rotatable bonds is 2. The molecule has 2 atom stereocenters. The molecule has 1 rings (SSSR count). The summed E-state index contributed by atoms with van der Waals surface area (Å²) in [4.78, 5) is 15.5. The molecule has 0 aromatic heterocycles. The van der Waals surface area contributed by atoms with E-state index in [4.69, 9.17) is 5.53 Å². The quantitative estimate of drug-likeness (QED) is 0.331. The van der Waals surface area contributed by atoms with Crippen molar-refractivity contribution in [1.29, 1.82) is 0 Å². The molecule has 0 spiro atoms. The molecule has 1 heterocycles. The van der Waals surface area contributed by atoms with Gasteiger partial charge in [0.15, 0.2) is 0 Å². The summed E-state index contributed by atoms with van der Waals surface area (Å²) in [5.74, 6) is -0.178. The Kier molecular flexibility index (Phi) is 9.12. The molecule has 0 unspecified atom stereocenters. The van der Waals surface area contributed by atoms with Gasteiger partial charge in [-0.3, -0.25) is 0 Å². The Hall–Kier alpha value is -0.246. The Morgan fingerprint density at radius 3 is 2.67 bits per heavy atom. The van der Waals surface area contributed by atoms with E-state index in [1.165, 1.54) is 0 Å². The molecule has 1 aliphatic heterocycles. The van der Waals surface area contributed by atoms with E-state index in [0.29, 0.717) is 6.54 Å². The smallest absolute Gasteiger partial charge is 0.0825 e. The van der Waals surface area contributed by atoms with Crippen molar-refractivity contribution in [2.45, 2.75) is 31.8 Å². The van der Waals surface area contributed by atoms with Gasteiger partial charge in [0.2, 0.25) is 0 Å². The van der Waals surface area contributed by atoms with Crippen LogP contribution in [0.5, 0.6) is 0 Å². The number of likely N-dealkylation sites (tertiary alicyclic amines) is 1. The van der Waals surface area contributed by atoms with Crippen molar-refractivity contribution in [3.63, 3.8) is 0 Å². The fourth-order valence-electron chi connectivity index (χ4n) is 1.74. The monoisotopic (exact) mass is 285 g/mol. The first kappa shape index (κ1) is 17.2. The molecule has 1 radical (unpaired) electrons. The van der Waals surface area contributed by atoms with Crippen LogP contribution in [-0.4, -0.2) is 29.4 Å². The van der Waals surface area contributed by atoms with Gasteiger partial charge in [-0.25, -0.2) is 0 Å². The van der Waals surface area contributed by atoms with Gasteiger partial charge in [-0.2, -0.15) is 0 Å². The van der Waals surface area contributed by atoms with E-state index in [-0.39, 0.29) is 58.1 Å². The molecule has 0 aromatic rings. The Balaban J connectivity index is 0. The minimum Gasteiger partial charge on any atom is -0.364 e. The summed E-state index contributed by atoms with van der Waals surface area (Å²) in [7, 11) is 0. The Morgan fingerprint density at radius 1 is 1.73 bits per heavy atom. The summed E-state index contributed by atoms with van der Waals surface area (Å²) in [6.07, 6.45) is 1.65. The fourth-order valence-corrected chi connectivity index (χ4v) is 1.74. The van der Waals surface area contributed by atoms with Gasteiger partial charge in [0.25, 0.3) is 0 Å². The van der Waals surface area contributed by atoms with Crippen LogP contribution >= 0.6 is 0 Å². The number of carbonyl (C=O) groups is 1. The van der Waals surface area contributed by atoms with Crippen LogP contribution in [0.3, 0.4) is 0 Å². The summed E-state index contributed by atoms with van der Waals surface area (Å²) in [6.45, 7) is 5.90. The molecular weight excluding hydrogens is 269 g/mol. The Morgan fingerprint density at radius 2 is 2.33 bits per heavy atom. The van der Waals surface area contributed by atoms with Crippen LogP contribution in [0.15, 0.2) is 5.11 Å². The Bertz CT molecular complexity index is 252. The molecular formula is C9H16N4OY-2. The maximum atomic E-state index is 11.0. The molecule has 0 aromatic carbocycles. The van der Waals surface area contributed by atoms with Crippen LogP contribution in [-0.2, 0) is 37.5 Å². The molecule has 1 saturated heterocycles. The molecule has 5 nitrogen and oxygen atoms in total. The predicted molar refractivity (Wildman–Crippen MR) is 55.1 cm³/mol. The second kappa shape index (κ2) is 7.97. The van der Waals surface area contributed by atoms with Crippen LogP contribution in [0.2, 0.25) is 0 Å². The maximum Gasteiger partial charge on any atom is 0.0825 e. The van der Waals surface area contributed by atoms with Crippen molar-refractivity contribution in [2.75, 3.05) is 6.54 Å². The average Bonchev–Trinajstić information content (AvgIpc) is 2.48. The van der Waals surface area contributed by atoms with Gasteiger partial charge in [-0.1, -0.05) is 12.0 Å². The first-order valence-corrected chi connectivity index (χ1v) is 4.35. The third-order valence-corrected chi connectivity index (χ3v) is 2.40. The molecule has 0 N–H and O–H groups in total. The van der Waals surface area contributed by atoms with Crippen molar-refractivity contribution < 1.29 is 37.5 Å². The van der Waals surface area contributed by atoms with Crippen molar-refractivity contribution in [3.05, 3.63) is 24.8 Å². The molecule has 15 heavy (non-hydrogen) atoms. The van der Waals surface area contributed by atoms with Crippen molar-refractivity contribution >= 4 is 5.91 Å².